The molecule has 0 atom stereocenters. The van der Waals surface area contributed by atoms with Crippen LogP contribution in [-0.2, 0) is 19.4 Å². The topological polar surface area (TPSA) is 12.0 Å². The monoisotopic (exact) mass is 271 g/mol. The van der Waals surface area contributed by atoms with Crippen LogP contribution in [0.25, 0.3) is 0 Å². The van der Waals surface area contributed by atoms with Gasteiger partial charge in [0.05, 0.1) is 0 Å². The molecule has 0 heterocycles. The SMILES string of the molecule is CCc1cccc(CC)c1NCc1cc(F)ccc1C. The third-order valence-electron chi connectivity index (χ3n) is 3.77. The molecule has 0 bridgehead atoms. The predicted octanol–water partition coefficient (Wildman–Crippen LogP) is 4.87. The van der Waals surface area contributed by atoms with Gasteiger partial charge in [-0.05, 0) is 54.2 Å². The van der Waals surface area contributed by atoms with Gasteiger partial charge in [-0.2, -0.15) is 0 Å². The first-order valence-electron chi connectivity index (χ1n) is 7.25. The molecule has 2 aromatic carbocycles. The molecular weight excluding hydrogens is 249 g/mol. The van der Waals surface area contributed by atoms with Gasteiger partial charge in [0.1, 0.15) is 5.82 Å². The highest BCUT2D eigenvalue weighted by Crippen LogP contribution is 2.23. The van der Waals surface area contributed by atoms with Crippen molar-refractivity contribution in [3.63, 3.8) is 0 Å². The lowest BCUT2D eigenvalue weighted by atomic mass is 10.0. The van der Waals surface area contributed by atoms with E-state index in [4.69, 9.17) is 0 Å². The van der Waals surface area contributed by atoms with E-state index in [9.17, 15) is 4.39 Å². The van der Waals surface area contributed by atoms with E-state index in [0.717, 1.165) is 24.0 Å². The fraction of sp³-hybridized carbons (Fsp3) is 0.333. The summed E-state index contributed by atoms with van der Waals surface area (Å²) < 4.78 is 13.3. The van der Waals surface area contributed by atoms with E-state index < -0.39 is 0 Å². The molecule has 2 heteroatoms. The Morgan fingerprint density at radius 3 is 2.20 bits per heavy atom. The van der Waals surface area contributed by atoms with E-state index in [1.165, 1.54) is 22.9 Å². The summed E-state index contributed by atoms with van der Waals surface area (Å²) in [6.07, 6.45) is 2.00. The second kappa shape index (κ2) is 6.56. The van der Waals surface area contributed by atoms with Gasteiger partial charge < -0.3 is 5.32 Å². The molecule has 0 saturated heterocycles. The number of hydrogen-bond donors (Lipinski definition) is 1. The first-order chi connectivity index (χ1) is 9.65. The molecule has 0 unspecified atom stereocenters. The maximum Gasteiger partial charge on any atom is 0.123 e. The standard InChI is InChI=1S/C18H22FN/c1-4-14-7-6-8-15(5-2)18(14)20-12-16-11-17(19)10-9-13(16)3/h6-11,20H,4-5,12H2,1-3H3. The van der Waals surface area contributed by atoms with E-state index in [1.54, 1.807) is 6.07 Å². The maximum atomic E-state index is 13.3. The minimum Gasteiger partial charge on any atom is -0.381 e. The van der Waals surface area contributed by atoms with Crippen LogP contribution in [0.3, 0.4) is 0 Å². The van der Waals surface area contributed by atoms with Crippen LogP contribution < -0.4 is 5.32 Å². The number of benzene rings is 2. The van der Waals surface area contributed by atoms with Gasteiger partial charge in [-0.3, -0.25) is 0 Å². The first-order valence-corrected chi connectivity index (χ1v) is 7.25. The van der Waals surface area contributed by atoms with Gasteiger partial charge in [-0.1, -0.05) is 38.1 Å². The number of para-hydroxylation sites is 1. The van der Waals surface area contributed by atoms with Crippen LogP contribution in [0.15, 0.2) is 36.4 Å². The quantitative estimate of drug-likeness (QED) is 0.818. The van der Waals surface area contributed by atoms with Crippen LogP contribution in [0.1, 0.15) is 36.1 Å². The lowest BCUT2D eigenvalue weighted by molar-refractivity contribution is 0.625. The molecule has 106 valence electrons. The van der Waals surface area contributed by atoms with E-state index in [0.29, 0.717) is 6.54 Å². The van der Waals surface area contributed by atoms with Crippen LogP contribution >= 0.6 is 0 Å². The highest BCUT2D eigenvalue weighted by molar-refractivity contribution is 5.58. The molecule has 0 fully saturated rings. The molecule has 0 aliphatic carbocycles. The average Bonchev–Trinajstić information content (AvgIpc) is 2.47. The Balaban J connectivity index is 2.24. The predicted molar refractivity (Wildman–Crippen MR) is 83.7 cm³/mol. The summed E-state index contributed by atoms with van der Waals surface area (Å²) in [5, 5.41) is 3.50. The van der Waals surface area contributed by atoms with Gasteiger partial charge in [0.2, 0.25) is 0 Å². The fourth-order valence-electron chi connectivity index (χ4n) is 2.48. The van der Waals surface area contributed by atoms with Crippen LogP contribution in [0.5, 0.6) is 0 Å². The fourth-order valence-corrected chi connectivity index (χ4v) is 2.48. The number of rotatable bonds is 5. The first kappa shape index (κ1) is 14.6. The van der Waals surface area contributed by atoms with Crippen molar-refractivity contribution in [3.8, 4) is 0 Å². The number of anilines is 1. The molecule has 0 aromatic heterocycles. The minimum absolute atomic E-state index is 0.174. The third-order valence-corrected chi connectivity index (χ3v) is 3.77. The molecule has 20 heavy (non-hydrogen) atoms. The Hall–Kier alpha value is -1.83. The molecule has 0 aliphatic heterocycles. The average molecular weight is 271 g/mol. The summed E-state index contributed by atoms with van der Waals surface area (Å²) in [5.41, 5.74) is 5.97. The second-order valence-corrected chi connectivity index (χ2v) is 5.08. The van der Waals surface area contributed by atoms with Crippen LogP contribution in [0.2, 0.25) is 0 Å². The largest absolute Gasteiger partial charge is 0.381 e. The maximum absolute atomic E-state index is 13.3. The van der Waals surface area contributed by atoms with Crippen molar-refractivity contribution >= 4 is 5.69 Å². The van der Waals surface area contributed by atoms with Crippen molar-refractivity contribution < 1.29 is 4.39 Å². The van der Waals surface area contributed by atoms with E-state index >= 15 is 0 Å². The van der Waals surface area contributed by atoms with E-state index in [2.05, 4.69) is 37.4 Å². The highest BCUT2D eigenvalue weighted by atomic mass is 19.1. The van der Waals surface area contributed by atoms with Crippen LogP contribution in [0.4, 0.5) is 10.1 Å². The zero-order valence-corrected chi connectivity index (χ0v) is 12.5. The molecule has 0 spiro atoms. The third kappa shape index (κ3) is 3.19. The normalized spacial score (nSPS) is 10.6. The van der Waals surface area contributed by atoms with Crippen molar-refractivity contribution in [2.45, 2.75) is 40.2 Å². The van der Waals surface area contributed by atoms with Crippen molar-refractivity contribution in [1.82, 2.24) is 0 Å². The van der Waals surface area contributed by atoms with Gasteiger partial charge in [-0.25, -0.2) is 4.39 Å². The molecule has 2 rings (SSSR count). The smallest absolute Gasteiger partial charge is 0.123 e. The number of hydrogen-bond acceptors (Lipinski definition) is 1. The molecule has 1 N–H and O–H groups in total. The molecule has 1 nitrogen and oxygen atoms in total. The van der Waals surface area contributed by atoms with Crippen molar-refractivity contribution in [2.24, 2.45) is 0 Å². The second-order valence-electron chi connectivity index (χ2n) is 5.08. The van der Waals surface area contributed by atoms with Crippen molar-refractivity contribution in [2.75, 3.05) is 5.32 Å². The number of nitrogens with one attached hydrogen (secondary N) is 1. The van der Waals surface area contributed by atoms with Crippen LogP contribution in [0, 0.1) is 12.7 Å². The van der Waals surface area contributed by atoms with E-state index in [1.807, 2.05) is 13.0 Å². The Kier molecular flexibility index (Phi) is 4.78. The lowest BCUT2D eigenvalue weighted by Gasteiger charge is -2.16. The lowest BCUT2D eigenvalue weighted by Crippen LogP contribution is -2.06. The molecule has 0 amide bonds. The molecule has 2 aromatic rings. The summed E-state index contributed by atoms with van der Waals surface area (Å²) in [5.74, 6) is -0.174. The summed E-state index contributed by atoms with van der Waals surface area (Å²) in [6, 6.07) is 11.4. The Bertz CT molecular complexity index is 568. The molecule has 0 saturated carbocycles. The van der Waals surface area contributed by atoms with E-state index in [-0.39, 0.29) is 5.82 Å². The van der Waals surface area contributed by atoms with Crippen molar-refractivity contribution in [3.05, 3.63) is 64.5 Å². The van der Waals surface area contributed by atoms with Crippen molar-refractivity contribution in [1.29, 1.82) is 0 Å². The zero-order chi connectivity index (χ0) is 14.5. The highest BCUT2D eigenvalue weighted by Gasteiger charge is 2.07. The van der Waals surface area contributed by atoms with Gasteiger partial charge in [0, 0.05) is 12.2 Å². The Morgan fingerprint density at radius 1 is 0.950 bits per heavy atom. The number of aryl methyl sites for hydroxylation is 3. The van der Waals surface area contributed by atoms with Gasteiger partial charge >= 0.3 is 0 Å². The summed E-state index contributed by atoms with van der Waals surface area (Å²) in [6.45, 7) is 7.00. The zero-order valence-electron chi connectivity index (χ0n) is 12.5. The minimum atomic E-state index is -0.174. The van der Waals surface area contributed by atoms with Gasteiger partial charge in [0.25, 0.3) is 0 Å². The molecule has 0 radical (unpaired) electrons. The Morgan fingerprint density at radius 2 is 1.60 bits per heavy atom. The number of halogens is 1. The summed E-state index contributed by atoms with van der Waals surface area (Å²) in [7, 11) is 0. The summed E-state index contributed by atoms with van der Waals surface area (Å²) >= 11 is 0. The van der Waals surface area contributed by atoms with Gasteiger partial charge in [0.15, 0.2) is 0 Å². The van der Waals surface area contributed by atoms with Crippen LogP contribution in [-0.4, -0.2) is 0 Å². The Labute approximate surface area is 120 Å². The molecule has 0 aliphatic rings. The van der Waals surface area contributed by atoms with Gasteiger partial charge in [-0.15, -0.1) is 0 Å². The molecular formula is C18H22FN. The summed E-state index contributed by atoms with van der Waals surface area (Å²) in [4.78, 5) is 0.